The highest BCUT2D eigenvalue weighted by Gasteiger charge is 2.10. The largest absolute Gasteiger partial charge is 0.394 e. The van der Waals surface area contributed by atoms with Gasteiger partial charge in [0.25, 0.3) is 0 Å². The zero-order valence-electron chi connectivity index (χ0n) is 10.9. The third-order valence-electron chi connectivity index (χ3n) is 1.17. The maximum Gasteiger partial charge on any atom is 0.340 e. The third kappa shape index (κ3) is 11.8. The fourth-order valence-electron chi connectivity index (χ4n) is 0.461. The van der Waals surface area contributed by atoms with Crippen LogP contribution in [0.2, 0.25) is 0 Å². The van der Waals surface area contributed by atoms with Gasteiger partial charge in [0.2, 0.25) is 0 Å². The molecule has 0 rings (SSSR count). The van der Waals surface area contributed by atoms with Crippen LogP contribution in [0.5, 0.6) is 0 Å². The molecule has 0 aromatic carbocycles. The second-order valence-corrected chi connectivity index (χ2v) is 3.32. The average molecular weight is 256 g/mol. The van der Waals surface area contributed by atoms with Crippen LogP contribution >= 0.6 is 0 Å². The molecule has 0 fully saturated rings. The number of rotatable bonds is 2. The summed E-state index contributed by atoms with van der Waals surface area (Å²) in [6.45, 7) is 11.9. The van der Waals surface area contributed by atoms with Crippen LogP contribution in [-0.4, -0.2) is 23.9 Å². The molecule has 0 unspecified atom stereocenters. The van der Waals surface area contributed by atoms with Gasteiger partial charge < -0.3 is 9.47 Å². The molecule has 100 valence electrons. The van der Waals surface area contributed by atoms with Gasteiger partial charge in [-0.05, 0) is 13.8 Å². The van der Waals surface area contributed by atoms with Crippen LogP contribution in [0, 0.1) is 0 Å². The topological polar surface area (TPSA) is 86.7 Å². The van der Waals surface area contributed by atoms with Gasteiger partial charge in [-0.3, -0.25) is 9.59 Å². The zero-order valence-corrected chi connectivity index (χ0v) is 10.9. The van der Waals surface area contributed by atoms with Gasteiger partial charge in [-0.15, -0.1) is 0 Å². The molecule has 0 aliphatic rings. The van der Waals surface area contributed by atoms with Crippen molar-refractivity contribution in [1.29, 1.82) is 0 Å². The molecule has 0 heterocycles. The second-order valence-electron chi connectivity index (χ2n) is 3.32. The number of ether oxygens (including phenoxy) is 2. The van der Waals surface area contributed by atoms with Gasteiger partial charge in [0.05, 0.1) is 0 Å². The molecule has 0 radical (unpaired) electrons. The molecule has 18 heavy (non-hydrogen) atoms. The minimum atomic E-state index is -0.710. The third-order valence-corrected chi connectivity index (χ3v) is 1.17. The van der Waals surface area contributed by atoms with Crippen molar-refractivity contribution in [3.63, 3.8) is 0 Å². The van der Waals surface area contributed by atoms with E-state index in [0.29, 0.717) is 0 Å². The number of hydrogen-bond donors (Lipinski definition) is 0. The number of esters is 4. The quantitative estimate of drug-likeness (QED) is 0.420. The monoisotopic (exact) mass is 256 g/mol. The van der Waals surface area contributed by atoms with E-state index in [1.807, 2.05) is 0 Å². The average Bonchev–Trinajstić information content (AvgIpc) is 2.15. The lowest BCUT2D eigenvalue weighted by atomic mass is 10.3. The Balaban J connectivity index is 0. The van der Waals surface area contributed by atoms with E-state index in [0.717, 1.165) is 0 Å². The molecule has 0 aliphatic carbocycles. The Labute approximate surface area is 105 Å². The molecule has 0 bridgehead atoms. The molecule has 0 saturated carbocycles. The molecule has 0 amide bonds. The summed E-state index contributed by atoms with van der Waals surface area (Å²) in [4.78, 5) is 41.0. The van der Waals surface area contributed by atoms with Gasteiger partial charge >= 0.3 is 23.9 Å². The van der Waals surface area contributed by atoms with Crippen LogP contribution < -0.4 is 0 Å². The van der Waals surface area contributed by atoms with E-state index < -0.39 is 23.9 Å². The molecule has 0 saturated heterocycles. The van der Waals surface area contributed by atoms with Crippen LogP contribution in [0.3, 0.4) is 0 Å². The highest BCUT2D eigenvalue weighted by Crippen LogP contribution is 1.97. The number of carbonyl (C=O) groups is 4. The first kappa shape index (κ1) is 18.1. The molecular formula is C12H16O6. The SMILES string of the molecule is C=C(C)C(=O)OC(=O)C(=C)C.CC(=O)OC(C)=O. The van der Waals surface area contributed by atoms with Crippen molar-refractivity contribution in [2.45, 2.75) is 27.7 Å². The molecule has 0 N–H and O–H groups in total. The predicted molar refractivity (Wildman–Crippen MR) is 63.2 cm³/mol. The predicted octanol–water partition coefficient (Wildman–Crippen LogP) is 1.30. The van der Waals surface area contributed by atoms with Crippen molar-refractivity contribution in [2.75, 3.05) is 0 Å². The van der Waals surface area contributed by atoms with Gasteiger partial charge in [-0.2, -0.15) is 0 Å². The first-order valence-corrected chi connectivity index (χ1v) is 4.84. The molecule has 6 heteroatoms. The van der Waals surface area contributed by atoms with Crippen LogP contribution in [0.1, 0.15) is 27.7 Å². The van der Waals surface area contributed by atoms with E-state index >= 15 is 0 Å². The summed E-state index contributed by atoms with van der Waals surface area (Å²) < 4.78 is 8.27. The Morgan fingerprint density at radius 1 is 0.667 bits per heavy atom. The lowest BCUT2D eigenvalue weighted by molar-refractivity contribution is -0.157. The summed E-state index contributed by atoms with van der Waals surface area (Å²) in [6, 6.07) is 0. The van der Waals surface area contributed by atoms with Gasteiger partial charge in [-0.1, -0.05) is 13.2 Å². The molecule has 6 nitrogen and oxygen atoms in total. The van der Waals surface area contributed by atoms with Gasteiger partial charge in [0.1, 0.15) is 0 Å². The van der Waals surface area contributed by atoms with Crippen LogP contribution in [0.4, 0.5) is 0 Å². The summed E-state index contributed by atoms with van der Waals surface area (Å²) in [5.74, 6) is -2.55. The van der Waals surface area contributed by atoms with E-state index in [1.54, 1.807) is 0 Å². The van der Waals surface area contributed by atoms with E-state index in [-0.39, 0.29) is 11.1 Å². The maximum atomic E-state index is 10.7. The van der Waals surface area contributed by atoms with E-state index in [1.165, 1.54) is 27.7 Å². The number of carbonyl (C=O) groups excluding carboxylic acids is 4. The minimum absolute atomic E-state index is 0.194. The Kier molecular flexibility index (Phi) is 8.93. The van der Waals surface area contributed by atoms with E-state index in [2.05, 4.69) is 22.6 Å². The molecule has 0 aromatic heterocycles. The van der Waals surface area contributed by atoms with Crippen molar-refractivity contribution < 1.29 is 28.7 Å². The maximum absolute atomic E-state index is 10.7. The zero-order chi connectivity index (χ0) is 14.9. The Morgan fingerprint density at radius 3 is 1.06 bits per heavy atom. The summed E-state index contributed by atoms with van der Waals surface area (Å²) in [5.41, 5.74) is 0.388. The summed E-state index contributed by atoms with van der Waals surface area (Å²) in [7, 11) is 0. The van der Waals surface area contributed by atoms with E-state index in [4.69, 9.17) is 0 Å². The second kappa shape index (κ2) is 8.86. The van der Waals surface area contributed by atoms with Gasteiger partial charge in [0.15, 0.2) is 0 Å². The van der Waals surface area contributed by atoms with Crippen LogP contribution in [0.15, 0.2) is 24.3 Å². The highest BCUT2D eigenvalue weighted by atomic mass is 16.6. The molecule has 0 aliphatic heterocycles. The van der Waals surface area contributed by atoms with Crippen molar-refractivity contribution in [2.24, 2.45) is 0 Å². The highest BCUT2D eigenvalue weighted by molar-refractivity contribution is 6.00. The summed E-state index contributed by atoms with van der Waals surface area (Å²) >= 11 is 0. The molecule has 0 aromatic rings. The fraction of sp³-hybridized carbons (Fsp3) is 0.333. The van der Waals surface area contributed by atoms with Crippen molar-refractivity contribution in [1.82, 2.24) is 0 Å². The molecule has 0 atom stereocenters. The van der Waals surface area contributed by atoms with Gasteiger partial charge in [-0.25, -0.2) is 9.59 Å². The van der Waals surface area contributed by atoms with Crippen molar-refractivity contribution >= 4 is 23.9 Å². The summed E-state index contributed by atoms with van der Waals surface area (Å²) in [5, 5.41) is 0. The fourth-order valence-corrected chi connectivity index (χ4v) is 0.461. The van der Waals surface area contributed by atoms with Gasteiger partial charge in [0, 0.05) is 25.0 Å². The standard InChI is InChI=1S/C8H10O3.C4H6O3/c1-5(2)7(9)11-8(10)6(3)4;1-3(5)7-4(2)6/h1,3H2,2,4H3;1-2H3. The van der Waals surface area contributed by atoms with Crippen molar-refractivity contribution in [3.8, 4) is 0 Å². The summed E-state index contributed by atoms with van der Waals surface area (Å²) in [6.07, 6.45) is 0. The number of hydrogen-bond acceptors (Lipinski definition) is 6. The minimum Gasteiger partial charge on any atom is -0.394 e. The van der Waals surface area contributed by atoms with Crippen LogP contribution in [0.25, 0.3) is 0 Å². The first-order valence-electron chi connectivity index (χ1n) is 4.84. The van der Waals surface area contributed by atoms with Crippen molar-refractivity contribution in [3.05, 3.63) is 24.3 Å². The first-order chi connectivity index (χ1) is 8.07. The lowest BCUT2D eigenvalue weighted by Crippen LogP contribution is -2.12. The van der Waals surface area contributed by atoms with Crippen LogP contribution in [-0.2, 0) is 28.7 Å². The Bertz CT molecular complexity index is 355. The smallest absolute Gasteiger partial charge is 0.340 e. The Hall–Kier alpha value is -2.24. The van der Waals surface area contributed by atoms with E-state index in [9.17, 15) is 19.2 Å². The lowest BCUT2D eigenvalue weighted by Gasteiger charge is -1.99. The molecular weight excluding hydrogens is 240 g/mol. The molecule has 0 spiro atoms. The normalized spacial score (nSPS) is 8.22. The Morgan fingerprint density at radius 2 is 0.944 bits per heavy atom.